The van der Waals surface area contributed by atoms with Crippen LogP contribution in [0.2, 0.25) is 0 Å². The van der Waals surface area contributed by atoms with E-state index < -0.39 is 35.3 Å². The predicted octanol–water partition coefficient (Wildman–Crippen LogP) is 2.04. The van der Waals surface area contributed by atoms with Crippen LogP contribution in [0.25, 0.3) is 0 Å². The third-order valence-electron chi connectivity index (χ3n) is 2.32. The van der Waals surface area contributed by atoms with Crippen LogP contribution in [0.15, 0.2) is 6.07 Å². The van der Waals surface area contributed by atoms with E-state index in [0.717, 1.165) is 13.2 Å². The van der Waals surface area contributed by atoms with Crippen LogP contribution in [0.1, 0.15) is 24.6 Å². The largest absolute Gasteiger partial charge is 0.496 e. The van der Waals surface area contributed by atoms with Crippen LogP contribution in [0, 0.1) is 10.1 Å². The molecule has 0 N–H and O–H groups in total. The van der Waals surface area contributed by atoms with Crippen molar-refractivity contribution in [3.8, 4) is 5.75 Å². The van der Waals surface area contributed by atoms with Gasteiger partial charge in [0.2, 0.25) is 5.69 Å². The molecule has 0 fully saturated rings. The molecule has 0 aliphatic heterocycles. The van der Waals surface area contributed by atoms with Crippen LogP contribution in [-0.2, 0) is 16.0 Å². The highest BCUT2D eigenvalue weighted by Crippen LogP contribution is 2.31. The molecule has 0 radical (unpaired) electrons. The highest BCUT2D eigenvalue weighted by atomic mass is 19.3. The summed E-state index contributed by atoms with van der Waals surface area (Å²) in [5, 5.41) is 10.9. The van der Waals surface area contributed by atoms with Gasteiger partial charge in [-0.3, -0.25) is 4.79 Å². The van der Waals surface area contributed by atoms with Crippen molar-refractivity contribution in [2.75, 3.05) is 13.7 Å². The van der Waals surface area contributed by atoms with Crippen molar-refractivity contribution in [1.82, 2.24) is 4.98 Å². The molecule has 0 bridgehead atoms. The molecule has 0 saturated carbocycles. The Labute approximate surface area is 112 Å². The molecule has 1 rings (SSSR count). The second kappa shape index (κ2) is 6.73. The lowest BCUT2D eigenvalue weighted by Gasteiger charge is -2.09. The van der Waals surface area contributed by atoms with Crippen molar-refractivity contribution < 1.29 is 28.0 Å². The van der Waals surface area contributed by atoms with Crippen LogP contribution >= 0.6 is 0 Å². The number of rotatable bonds is 6. The smallest absolute Gasteiger partial charge is 0.371 e. The highest BCUT2D eigenvalue weighted by Gasteiger charge is 2.28. The first-order chi connectivity index (χ1) is 9.40. The molecule has 1 aromatic heterocycles. The van der Waals surface area contributed by atoms with Gasteiger partial charge in [0.1, 0.15) is 11.3 Å². The number of esters is 1. The van der Waals surface area contributed by atoms with Gasteiger partial charge in [-0.2, -0.15) is 0 Å². The van der Waals surface area contributed by atoms with E-state index in [1.807, 2.05) is 0 Å². The fourth-order valence-electron chi connectivity index (χ4n) is 1.52. The lowest BCUT2D eigenvalue weighted by molar-refractivity contribution is -0.390. The molecule has 0 unspecified atom stereocenters. The molecule has 0 aliphatic carbocycles. The number of hydrogen-bond acceptors (Lipinski definition) is 6. The summed E-state index contributed by atoms with van der Waals surface area (Å²) in [7, 11) is 1.16. The zero-order chi connectivity index (χ0) is 15.3. The minimum absolute atomic E-state index is 0.0947. The molecule has 0 aromatic carbocycles. The summed E-state index contributed by atoms with van der Waals surface area (Å²) in [6.45, 7) is 1.67. The molecule has 1 aromatic rings. The first-order valence-corrected chi connectivity index (χ1v) is 5.56. The van der Waals surface area contributed by atoms with Crippen LogP contribution in [0.4, 0.5) is 14.6 Å². The fraction of sp³-hybridized carbons (Fsp3) is 0.455. The van der Waals surface area contributed by atoms with E-state index >= 15 is 0 Å². The van der Waals surface area contributed by atoms with Crippen molar-refractivity contribution >= 4 is 11.8 Å². The number of ether oxygens (including phenoxy) is 2. The van der Waals surface area contributed by atoms with Crippen LogP contribution in [-0.4, -0.2) is 29.6 Å². The maximum absolute atomic E-state index is 12.6. The van der Waals surface area contributed by atoms with E-state index in [0.29, 0.717) is 0 Å². The van der Waals surface area contributed by atoms with Crippen molar-refractivity contribution in [2.45, 2.75) is 19.8 Å². The SMILES string of the molecule is CCOC(=O)Cc1c(OC)cc(C(F)F)nc1[N+](=O)[O-]. The predicted molar refractivity (Wildman–Crippen MR) is 62.7 cm³/mol. The van der Waals surface area contributed by atoms with Gasteiger partial charge in [-0.25, -0.2) is 8.78 Å². The number of alkyl halides is 2. The molecule has 0 atom stereocenters. The Bertz CT molecular complexity index is 522. The van der Waals surface area contributed by atoms with Crippen molar-refractivity contribution in [3.05, 3.63) is 27.4 Å². The summed E-state index contributed by atoms with van der Waals surface area (Å²) in [4.78, 5) is 24.6. The van der Waals surface area contributed by atoms with Gasteiger partial charge in [0.25, 0.3) is 0 Å². The Kier molecular flexibility index (Phi) is 5.30. The lowest BCUT2D eigenvalue weighted by atomic mass is 10.1. The molecule has 20 heavy (non-hydrogen) atoms. The number of hydrogen-bond donors (Lipinski definition) is 0. The molecule has 0 aliphatic rings. The van der Waals surface area contributed by atoms with E-state index in [1.54, 1.807) is 6.92 Å². The fourth-order valence-corrected chi connectivity index (χ4v) is 1.52. The van der Waals surface area contributed by atoms with Crippen molar-refractivity contribution in [2.24, 2.45) is 0 Å². The van der Waals surface area contributed by atoms with Crippen LogP contribution < -0.4 is 4.74 Å². The first-order valence-electron chi connectivity index (χ1n) is 5.56. The Morgan fingerprint density at radius 1 is 1.55 bits per heavy atom. The number of aromatic nitrogens is 1. The Hall–Kier alpha value is -2.32. The average Bonchev–Trinajstić information content (AvgIpc) is 2.38. The number of pyridine rings is 1. The van der Waals surface area contributed by atoms with Gasteiger partial charge in [0.15, 0.2) is 0 Å². The van der Waals surface area contributed by atoms with Crippen LogP contribution in [0.3, 0.4) is 0 Å². The second-order valence-electron chi connectivity index (χ2n) is 3.59. The average molecular weight is 290 g/mol. The maximum atomic E-state index is 12.6. The van der Waals surface area contributed by atoms with E-state index in [9.17, 15) is 23.7 Å². The molecule has 9 heteroatoms. The maximum Gasteiger partial charge on any atom is 0.371 e. The third kappa shape index (κ3) is 3.59. The second-order valence-corrected chi connectivity index (χ2v) is 3.59. The summed E-state index contributed by atoms with van der Waals surface area (Å²) < 4.78 is 34.7. The van der Waals surface area contributed by atoms with Gasteiger partial charge >= 0.3 is 18.2 Å². The third-order valence-corrected chi connectivity index (χ3v) is 2.32. The summed E-state index contributed by atoms with van der Waals surface area (Å²) in [6.07, 6.45) is -3.47. The van der Waals surface area contributed by atoms with Gasteiger partial charge in [-0.05, 0) is 16.8 Å². The quantitative estimate of drug-likeness (QED) is 0.452. The standard InChI is InChI=1S/C11H12F2N2O5/c1-3-20-9(16)4-6-8(19-2)5-7(10(12)13)14-11(6)15(17)18/h5,10H,3-4H2,1-2H3. The van der Waals surface area contributed by atoms with Crippen molar-refractivity contribution in [1.29, 1.82) is 0 Å². The molecule has 7 nitrogen and oxygen atoms in total. The lowest BCUT2D eigenvalue weighted by Crippen LogP contribution is -2.12. The number of nitrogens with zero attached hydrogens (tertiary/aromatic N) is 2. The minimum atomic E-state index is -2.99. The Morgan fingerprint density at radius 2 is 2.20 bits per heavy atom. The Morgan fingerprint density at radius 3 is 2.65 bits per heavy atom. The zero-order valence-electron chi connectivity index (χ0n) is 10.8. The van der Waals surface area contributed by atoms with Gasteiger partial charge in [-0.15, -0.1) is 0 Å². The first kappa shape index (κ1) is 15.7. The molecule has 0 spiro atoms. The van der Waals surface area contributed by atoms with Gasteiger partial charge in [0.05, 0.1) is 20.1 Å². The van der Waals surface area contributed by atoms with Crippen molar-refractivity contribution in [3.63, 3.8) is 0 Å². The minimum Gasteiger partial charge on any atom is -0.496 e. The molecule has 110 valence electrons. The van der Waals surface area contributed by atoms with Gasteiger partial charge in [0, 0.05) is 6.07 Å². The summed E-state index contributed by atoms with van der Waals surface area (Å²) in [6, 6.07) is 0.867. The van der Waals surface area contributed by atoms with Gasteiger partial charge < -0.3 is 19.6 Å². The number of methoxy groups -OCH3 is 1. The number of carbonyl (C=O) groups is 1. The van der Waals surface area contributed by atoms with Crippen LogP contribution in [0.5, 0.6) is 5.75 Å². The monoisotopic (exact) mass is 290 g/mol. The van der Waals surface area contributed by atoms with E-state index in [2.05, 4.69) is 9.72 Å². The summed E-state index contributed by atoms with van der Waals surface area (Å²) in [5.74, 6) is -1.77. The molecular weight excluding hydrogens is 278 g/mol. The summed E-state index contributed by atoms with van der Waals surface area (Å²) >= 11 is 0. The molecule has 1 heterocycles. The Balaban J connectivity index is 3.31. The normalized spacial score (nSPS) is 10.4. The van der Waals surface area contributed by atoms with E-state index in [-0.39, 0.29) is 17.9 Å². The van der Waals surface area contributed by atoms with E-state index in [1.165, 1.54) is 0 Å². The highest BCUT2D eigenvalue weighted by molar-refractivity contribution is 5.75. The molecular formula is C11H12F2N2O5. The molecule has 0 saturated heterocycles. The topological polar surface area (TPSA) is 91.6 Å². The van der Waals surface area contributed by atoms with E-state index in [4.69, 9.17) is 4.74 Å². The zero-order valence-corrected chi connectivity index (χ0v) is 10.8. The number of halogens is 2. The van der Waals surface area contributed by atoms with Gasteiger partial charge in [-0.1, -0.05) is 0 Å². The summed E-state index contributed by atoms with van der Waals surface area (Å²) in [5.41, 5.74) is -0.985. The molecule has 0 amide bonds. The number of carbonyl (C=O) groups excluding carboxylic acids is 1. The number of nitro groups is 1.